The number of halogens is 2. The van der Waals surface area contributed by atoms with Crippen LogP contribution in [0.3, 0.4) is 0 Å². The molecular formula is C25H28ClFN6O4. The molecule has 1 fully saturated rings. The molecule has 3 amide bonds. The number of nitrogens with zero attached hydrogens (tertiary/aromatic N) is 2. The lowest BCUT2D eigenvalue weighted by molar-refractivity contribution is -0.131. The van der Waals surface area contributed by atoms with Gasteiger partial charge in [-0.05, 0) is 55.3 Å². The van der Waals surface area contributed by atoms with Crippen molar-refractivity contribution >= 4 is 41.3 Å². The summed E-state index contributed by atoms with van der Waals surface area (Å²) in [6.45, 7) is 2.28. The van der Waals surface area contributed by atoms with E-state index in [1.165, 1.54) is 12.4 Å². The number of aliphatic hydroxyl groups is 1. The number of amides is 3. The average Bonchev–Trinajstić information content (AvgIpc) is 3.31. The van der Waals surface area contributed by atoms with Gasteiger partial charge in [-0.1, -0.05) is 23.7 Å². The average molecular weight is 531 g/mol. The van der Waals surface area contributed by atoms with Crippen molar-refractivity contribution in [2.24, 2.45) is 10.7 Å². The van der Waals surface area contributed by atoms with Crippen molar-refractivity contribution in [1.82, 2.24) is 15.5 Å². The van der Waals surface area contributed by atoms with Gasteiger partial charge in [-0.15, -0.1) is 0 Å². The summed E-state index contributed by atoms with van der Waals surface area (Å²) < 4.78 is 13.3. The lowest BCUT2D eigenvalue weighted by Gasteiger charge is -2.32. The molecule has 2 aliphatic heterocycles. The molecule has 2 aliphatic rings. The monoisotopic (exact) mass is 530 g/mol. The van der Waals surface area contributed by atoms with Crippen molar-refractivity contribution in [2.75, 3.05) is 31.5 Å². The van der Waals surface area contributed by atoms with Gasteiger partial charge in [0.25, 0.3) is 11.8 Å². The first-order chi connectivity index (χ1) is 17.7. The number of primary amides is 1. The van der Waals surface area contributed by atoms with Gasteiger partial charge in [-0.2, -0.15) is 0 Å². The van der Waals surface area contributed by atoms with E-state index in [1.807, 2.05) is 0 Å². The number of aliphatic imine (C=N–C) groups is 1. The van der Waals surface area contributed by atoms with Crippen LogP contribution in [0.1, 0.15) is 28.8 Å². The molecule has 37 heavy (non-hydrogen) atoms. The number of nitrogens with one attached hydrogen (secondary N) is 3. The number of carbonyl (C=O) groups excluding carboxylic acids is 3. The number of benzene rings is 2. The third-order valence-corrected chi connectivity index (χ3v) is 6.86. The first-order valence-corrected chi connectivity index (χ1v) is 12.2. The van der Waals surface area contributed by atoms with Gasteiger partial charge in [-0.25, -0.2) is 4.39 Å². The normalized spacial score (nSPS) is 23.3. The molecule has 0 aromatic heterocycles. The maximum absolute atomic E-state index is 13.3. The molecule has 10 nitrogen and oxygen atoms in total. The summed E-state index contributed by atoms with van der Waals surface area (Å²) in [5.74, 6) is -2.36. The maximum atomic E-state index is 13.3. The predicted octanol–water partition coefficient (Wildman–Crippen LogP) is 0.985. The van der Waals surface area contributed by atoms with Crippen molar-refractivity contribution in [2.45, 2.75) is 30.5 Å². The summed E-state index contributed by atoms with van der Waals surface area (Å²) in [6, 6.07) is 8.53. The number of nitrogens with two attached hydrogens (primary N) is 1. The Morgan fingerprint density at radius 1 is 1.24 bits per heavy atom. The summed E-state index contributed by atoms with van der Waals surface area (Å²) in [6.07, 6.45) is 2.58. The Labute approximate surface area is 218 Å². The Morgan fingerprint density at radius 3 is 2.68 bits per heavy atom. The number of aliphatic hydroxyl groups excluding tert-OH is 1. The number of likely N-dealkylation sites (tertiary alicyclic amines) is 1. The Kier molecular flexibility index (Phi) is 8.06. The van der Waals surface area contributed by atoms with Crippen LogP contribution in [0, 0.1) is 5.82 Å². The first kappa shape index (κ1) is 26.5. The van der Waals surface area contributed by atoms with Crippen LogP contribution < -0.4 is 21.7 Å². The molecule has 2 aromatic rings. The predicted molar refractivity (Wildman–Crippen MR) is 137 cm³/mol. The Morgan fingerprint density at radius 2 is 2.00 bits per heavy atom. The van der Waals surface area contributed by atoms with E-state index in [2.05, 4.69) is 25.8 Å². The maximum Gasteiger partial charge on any atom is 0.257 e. The SMILES string of the molecule is NC(=O)C1(c2ccc(NC(=O)c3ccc(F)cc3Cl)cc2)NC=NC1C(=O)NCCN1CCCC(O)C1. The molecule has 0 bridgehead atoms. The largest absolute Gasteiger partial charge is 0.392 e. The molecule has 0 spiro atoms. The van der Waals surface area contributed by atoms with Crippen LogP contribution in [-0.2, 0) is 15.1 Å². The summed E-state index contributed by atoms with van der Waals surface area (Å²) in [5.41, 5.74) is 5.02. The number of anilines is 1. The number of hydrogen-bond acceptors (Lipinski definition) is 7. The lowest BCUT2D eigenvalue weighted by atomic mass is 9.82. The van der Waals surface area contributed by atoms with Gasteiger partial charge in [0.1, 0.15) is 5.82 Å². The quantitative estimate of drug-likeness (QED) is 0.343. The van der Waals surface area contributed by atoms with Gasteiger partial charge in [-0.3, -0.25) is 24.3 Å². The minimum Gasteiger partial charge on any atom is -0.392 e. The molecule has 196 valence electrons. The highest BCUT2D eigenvalue weighted by molar-refractivity contribution is 6.34. The molecule has 6 N–H and O–H groups in total. The second-order valence-electron chi connectivity index (χ2n) is 9.04. The van der Waals surface area contributed by atoms with Crippen molar-refractivity contribution < 1.29 is 23.9 Å². The van der Waals surface area contributed by atoms with Gasteiger partial charge < -0.3 is 26.8 Å². The summed E-state index contributed by atoms with van der Waals surface area (Å²) in [5, 5.41) is 18.1. The fourth-order valence-electron chi connectivity index (χ4n) is 4.61. The molecule has 12 heteroatoms. The van der Waals surface area contributed by atoms with E-state index >= 15 is 0 Å². The van der Waals surface area contributed by atoms with E-state index in [-0.39, 0.29) is 16.7 Å². The van der Waals surface area contributed by atoms with Gasteiger partial charge in [0, 0.05) is 25.3 Å². The number of carbonyl (C=O) groups is 3. The third-order valence-electron chi connectivity index (χ3n) is 6.54. The third kappa shape index (κ3) is 5.74. The number of rotatable bonds is 8. The minimum absolute atomic E-state index is 0.0283. The zero-order chi connectivity index (χ0) is 26.6. The molecule has 0 aliphatic carbocycles. The fraction of sp³-hybridized carbons (Fsp3) is 0.360. The van der Waals surface area contributed by atoms with Crippen molar-refractivity contribution in [3.63, 3.8) is 0 Å². The van der Waals surface area contributed by atoms with Crippen LogP contribution >= 0.6 is 11.6 Å². The Bertz CT molecular complexity index is 1210. The van der Waals surface area contributed by atoms with Crippen molar-refractivity contribution in [3.8, 4) is 0 Å². The molecule has 1 saturated heterocycles. The van der Waals surface area contributed by atoms with Crippen LogP contribution in [0.5, 0.6) is 0 Å². The highest BCUT2D eigenvalue weighted by Gasteiger charge is 2.52. The Hall–Kier alpha value is -3.54. The smallest absolute Gasteiger partial charge is 0.257 e. The summed E-state index contributed by atoms with van der Waals surface area (Å²) >= 11 is 5.96. The zero-order valence-corrected chi connectivity index (χ0v) is 20.7. The Balaban J connectivity index is 1.44. The standard InChI is InChI=1S/C25H28ClFN6O4/c26-20-12-16(27)5-8-19(20)22(35)32-17-6-3-15(4-7-17)25(24(28)37)21(30-14-31-25)23(36)29-9-11-33-10-1-2-18(34)13-33/h3-8,12,14,18,21,34H,1-2,9-11,13H2,(H2,28,37)(H,29,36)(H,30,31)(H,32,35). The number of hydrogen-bond donors (Lipinski definition) is 5. The summed E-state index contributed by atoms with van der Waals surface area (Å²) in [4.78, 5) is 44.5. The van der Waals surface area contributed by atoms with E-state index in [1.54, 1.807) is 24.3 Å². The molecule has 2 heterocycles. The molecule has 4 rings (SSSR count). The highest BCUT2D eigenvalue weighted by atomic mass is 35.5. The van der Waals surface area contributed by atoms with Crippen LogP contribution in [0.2, 0.25) is 5.02 Å². The van der Waals surface area contributed by atoms with Crippen LogP contribution in [0.15, 0.2) is 47.5 Å². The van der Waals surface area contributed by atoms with Crippen molar-refractivity contribution in [3.05, 3.63) is 64.4 Å². The molecule has 2 aromatic carbocycles. The van der Waals surface area contributed by atoms with Crippen molar-refractivity contribution in [1.29, 1.82) is 0 Å². The van der Waals surface area contributed by atoms with Crippen LogP contribution in [-0.4, -0.2) is 72.4 Å². The van der Waals surface area contributed by atoms with E-state index in [0.29, 0.717) is 30.9 Å². The van der Waals surface area contributed by atoms with Crippen LogP contribution in [0.4, 0.5) is 10.1 Å². The second-order valence-corrected chi connectivity index (χ2v) is 9.45. The molecule has 3 unspecified atom stereocenters. The van der Waals surface area contributed by atoms with E-state index in [9.17, 15) is 23.9 Å². The molecule has 0 saturated carbocycles. The highest BCUT2D eigenvalue weighted by Crippen LogP contribution is 2.31. The second kappa shape index (κ2) is 11.2. The van der Waals surface area contributed by atoms with Gasteiger partial charge in [0.15, 0.2) is 11.6 Å². The zero-order valence-electron chi connectivity index (χ0n) is 19.9. The lowest BCUT2D eigenvalue weighted by Crippen LogP contribution is -2.60. The molecular weight excluding hydrogens is 503 g/mol. The molecule has 0 radical (unpaired) electrons. The van der Waals surface area contributed by atoms with Gasteiger partial charge >= 0.3 is 0 Å². The molecule has 3 atom stereocenters. The van der Waals surface area contributed by atoms with E-state index in [4.69, 9.17) is 17.3 Å². The first-order valence-electron chi connectivity index (χ1n) is 11.8. The van der Waals surface area contributed by atoms with Gasteiger partial charge in [0.05, 0.1) is 23.0 Å². The topological polar surface area (TPSA) is 149 Å². The summed E-state index contributed by atoms with van der Waals surface area (Å²) in [7, 11) is 0. The van der Waals surface area contributed by atoms with Crippen LogP contribution in [0.25, 0.3) is 0 Å². The number of β-amino-alcohol motifs (C(OH)–C–C–N with tert-alkyl or cyclic N) is 1. The van der Waals surface area contributed by atoms with E-state index in [0.717, 1.165) is 31.5 Å². The minimum atomic E-state index is -1.62. The number of piperidine rings is 1. The van der Waals surface area contributed by atoms with E-state index < -0.39 is 35.1 Å². The fourth-order valence-corrected chi connectivity index (χ4v) is 4.87. The van der Waals surface area contributed by atoms with Gasteiger partial charge in [0.2, 0.25) is 5.91 Å².